The fourth-order valence-electron chi connectivity index (χ4n) is 2.62. The first-order valence-electron chi connectivity index (χ1n) is 7.41. The largest absolute Gasteiger partial charge is 0.321 e. The number of nitrogens with zero attached hydrogens (tertiary/aromatic N) is 2. The number of H-pyrrole nitrogens is 1. The lowest BCUT2D eigenvalue weighted by molar-refractivity contribution is 0.983. The molecule has 2 heterocycles. The number of pyridine rings is 1. The molecule has 7 heteroatoms. The van der Waals surface area contributed by atoms with Gasteiger partial charge in [-0.25, -0.2) is 0 Å². The van der Waals surface area contributed by atoms with Gasteiger partial charge < -0.3 is 4.98 Å². The second kappa shape index (κ2) is 7.39. The minimum absolute atomic E-state index is 0. The van der Waals surface area contributed by atoms with Gasteiger partial charge in [0.2, 0.25) is 0 Å². The third kappa shape index (κ3) is 3.46. The summed E-state index contributed by atoms with van der Waals surface area (Å²) >= 11 is 2.86. The molecule has 0 fully saturated rings. The molecule has 0 aliphatic heterocycles. The zero-order valence-electron chi connectivity index (χ0n) is 13.2. The maximum absolute atomic E-state index is 12.7. The van der Waals surface area contributed by atoms with E-state index < -0.39 is 0 Å². The van der Waals surface area contributed by atoms with Crippen molar-refractivity contribution in [1.29, 1.82) is 0 Å². The summed E-state index contributed by atoms with van der Waals surface area (Å²) in [6.07, 6.45) is 0. The first-order valence-corrected chi connectivity index (χ1v) is 9.04. The van der Waals surface area contributed by atoms with E-state index in [9.17, 15) is 4.79 Å². The number of halogens is 1. The van der Waals surface area contributed by atoms with Gasteiger partial charge in [0.25, 0.3) is 5.56 Å². The standard InChI is InChI=1S/C18H13N3OS2.ClH/c1-11-20-21-18(23-11)24-16-15(12-7-3-2-4-8-12)13-9-5-6-10-14(13)19-17(16)22;/h2-10H,1H3,(H,19,22);1H. The molecule has 0 spiro atoms. The van der Waals surface area contributed by atoms with Gasteiger partial charge in [-0.05, 0) is 18.6 Å². The van der Waals surface area contributed by atoms with Crippen molar-refractivity contribution in [2.75, 3.05) is 0 Å². The van der Waals surface area contributed by atoms with Crippen LogP contribution in [0.25, 0.3) is 22.0 Å². The molecule has 4 nitrogen and oxygen atoms in total. The molecule has 0 unspecified atom stereocenters. The van der Waals surface area contributed by atoms with E-state index in [1.165, 1.54) is 23.1 Å². The van der Waals surface area contributed by atoms with Gasteiger partial charge >= 0.3 is 0 Å². The van der Waals surface area contributed by atoms with E-state index in [2.05, 4.69) is 15.2 Å². The van der Waals surface area contributed by atoms with Crippen LogP contribution < -0.4 is 5.56 Å². The lowest BCUT2D eigenvalue weighted by Crippen LogP contribution is -2.10. The van der Waals surface area contributed by atoms with E-state index in [1.54, 1.807) is 0 Å². The normalized spacial score (nSPS) is 10.6. The number of aryl methyl sites for hydroxylation is 1. The lowest BCUT2D eigenvalue weighted by atomic mass is 10.0. The molecule has 0 saturated heterocycles. The third-order valence-electron chi connectivity index (χ3n) is 3.64. The summed E-state index contributed by atoms with van der Waals surface area (Å²) in [5.74, 6) is 0. The van der Waals surface area contributed by atoms with Gasteiger partial charge in [0.1, 0.15) is 5.01 Å². The predicted molar refractivity (Wildman–Crippen MR) is 106 cm³/mol. The summed E-state index contributed by atoms with van der Waals surface area (Å²) < 4.78 is 0.769. The van der Waals surface area contributed by atoms with Gasteiger partial charge in [-0.3, -0.25) is 4.79 Å². The van der Waals surface area contributed by atoms with E-state index in [0.717, 1.165) is 31.4 Å². The van der Waals surface area contributed by atoms with Gasteiger partial charge in [-0.15, -0.1) is 22.6 Å². The molecule has 4 rings (SSSR count). The Bertz CT molecular complexity index is 1080. The molecule has 25 heavy (non-hydrogen) atoms. The predicted octanol–water partition coefficient (Wildman–Crippen LogP) is 4.93. The van der Waals surface area contributed by atoms with Crippen molar-refractivity contribution in [1.82, 2.24) is 15.2 Å². The highest BCUT2D eigenvalue weighted by molar-refractivity contribution is 8.01. The average Bonchev–Trinajstić information content (AvgIpc) is 3.01. The maximum Gasteiger partial charge on any atom is 0.263 e. The van der Waals surface area contributed by atoms with Crippen LogP contribution in [0.1, 0.15) is 5.01 Å². The van der Waals surface area contributed by atoms with Gasteiger partial charge in [0.15, 0.2) is 4.34 Å². The molecule has 0 aliphatic rings. The first kappa shape index (κ1) is 17.7. The lowest BCUT2D eigenvalue weighted by Gasteiger charge is -2.11. The van der Waals surface area contributed by atoms with Crippen LogP contribution in [0.4, 0.5) is 0 Å². The van der Waals surface area contributed by atoms with E-state index >= 15 is 0 Å². The molecule has 126 valence electrons. The number of hydrogen-bond donors (Lipinski definition) is 1. The first-order chi connectivity index (χ1) is 11.7. The Labute approximate surface area is 158 Å². The number of hydrogen-bond acceptors (Lipinski definition) is 5. The third-order valence-corrected chi connectivity index (χ3v) is 5.62. The summed E-state index contributed by atoms with van der Waals surface area (Å²) in [7, 11) is 0. The molecular weight excluding hydrogens is 374 g/mol. The van der Waals surface area contributed by atoms with Crippen LogP contribution in [0.15, 0.2) is 68.6 Å². The topological polar surface area (TPSA) is 58.6 Å². The number of rotatable bonds is 3. The number of fused-ring (bicyclic) bond motifs is 1. The van der Waals surface area contributed by atoms with Crippen molar-refractivity contribution in [2.45, 2.75) is 16.2 Å². The van der Waals surface area contributed by atoms with Crippen molar-refractivity contribution >= 4 is 46.4 Å². The molecular formula is C18H14ClN3OS2. The quantitative estimate of drug-likeness (QED) is 0.541. The molecule has 0 bridgehead atoms. The van der Waals surface area contributed by atoms with Crippen molar-refractivity contribution in [3.63, 3.8) is 0 Å². The molecule has 0 amide bonds. The van der Waals surface area contributed by atoms with Gasteiger partial charge in [-0.1, -0.05) is 71.6 Å². The second-order valence-electron chi connectivity index (χ2n) is 5.26. The molecule has 0 saturated carbocycles. The highest BCUT2D eigenvalue weighted by Crippen LogP contribution is 2.38. The van der Waals surface area contributed by atoms with Crippen LogP contribution in [0.2, 0.25) is 0 Å². The Morgan fingerprint density at radius 3 is 2.44 bits per heavy atom. The van der Waals surface area contributed by atoms with Gasteiger partial charge in [0.05, 0.1) is 4.90 Å². The van der Waals surface area contributed by atoms with Crippen LogP contribution >= 0.6 is 35.5 Å². The van der Waals surface area contributed by atoms with Crippen molar-refractivity contribution in [3.05, 3.63) is 70.0 Å². The minimum atomic E-state index is -0.106. The number of nitrogens with one attached hydrogen (secondary N) is 1. The zero-order valence-corrected chi connectivity index (χ0v) is 15.7. The highest BCUT2D eigenvalue weighted by atomic mass is 35.5. The van der Waals surface area contributed by atoms with Crippen molar-refractivity contribution in [2.24, 2.45) is 0 Å². The SMILES string of the molecule is Cc1nnc(Sc2c(-c3ccccc3)c3ccccc3[nH]c2=O)s1.Cl. The highest BCUT2D eigenvalue weighted by Gasteiger charge is 2.17. The number of benzene rings is 2. The smallest absolute Gasteiger partial charge is 0.263 e. The van der Waals surface area contributed by atoms with Gasteiger partial charge in [-0.2, -0.15) is 0 Å². The van der Waals surface area contributed by atoms with Crippen molar-refractivity contribution in [3.8, 4) is 11.1 Å². The van der Waals surface area contributed by atoms with E-state index in [4.69, 9.17) is 0 Å². The summed E-state index contributed by atoms with van der Waals surface area (Å²) in [5, 5.41) is 10.1. The van der Waals surface area contributed by atoms with Crippen LogP contribution in [0.5, 0.6) is 0 Å². The van der Waals surface area contributed by atoms with Crippen LogP contribution in [0.3, 0.4) is 0 Å². The Hall–Kier alpha value is -2.15. The molecule has 2 aromatic carbocycles. The maximum atomic E-state index is 12.7. The fraction of sp³-hybridized carbons (Fsp3) is 0.0556. The number of aromatic amines is 1. The van der Waals surface area contributed by atoms with Crippen molar-refractivity contribution < 1.29 is 0 Å². The van der Waals surface area contributed by atoms with Crippen LogP contribution in [-0.2, 0) is 0 Å². The second-order valence-corrected chi connectivity index (χ2v) is 7.70. The summed E-state index contributed by atoms with van der Waals surface area (Å²) in [5.41, 5.74) is 2.68. The molecule has 1 N–H and O–H groups in total. The fourth-order valence-corrected chi connectivity index (χ4v) is 4.55. The Morgan fingerprint density at radius 2 is 1.72 bits per heavy atom. The summed E-state index contributed by atoms with van der Waals surface area (Å²) in [6, 6.07) is 17.8. The number of aromatic nitrogens is 3. The summed E-state index contributed by atoms with van der Waals surface area (Å²) in [6.45, 7) is 1.91. The Balaban J connectivity index is 0.00000182. The minimum Gasteiger partial charge on any atom is -0.321 e. The average molecular weight is 388 g/mol. The zero-order chi connectivity index (χ0) is 16.5. The Morgan fingerprint density at radius 1 is 1.00 bits per heavy atom. The Kier molecular flexibility index (Phi) is 5.22. The van der Waals surface area contributed by atoms with Crippen LogP contribution in [-0.4, -0.2) is 15.2 Å². The van der Waals surface area contributed by atoms with Crippen LogP contribution in [0, 0.1) is 6.92 Å². The molecule has 0 aliphatic carbocycles. The van der Waals surface area contributed by atoms with E-state index in [-0.39, 0.29) is 18.0 Å². The molecule has 2 aromatic heterocycles. The van der Waals surface area contributed by atoms with Gasteiger partial charge in [0, 0.05) is 16.5 Å². The molecule has 4 aromatic rings. The van der Waals surface area contributed by atoms with E-state index in [0.29, 0.717) is 4.90 Å². The summed E-state index contributed by atoms with van der Waals surface area (Å²) in [4.78, 5) is 16.3. The molecule has 0 atom stereocenters. The monoisotopic (exact) mass is 387 g/mol. The number of para-hydroxylation sites is 1. The van der Waals surface area contributed by atoms with E-state index in [1.807, 2.05) is 61.5 Å². The molecule has 0 radical (unpaired) electrons.